The Balaban J connectivity index is 2.02. The van der Waals surface area contributed by atoms with E-state index in [-0.39, 0.29) is 6.61 Å². The first kappa shape index (κ1) is 14.2. The van der Waals surface area contributed by atoms with Gasteiger partial charge in [0.25, 0.3) is 0 Å². The van der Waals surface area contributed by atoms with Crippen molar-refractivity contribution >= 4 is 0 Å². The van der Waals surface area contributed by atoms with Gasteiger partial charge in [-0.3, -0.25) is 0 Å². The average molecular weight is 262 g/mol. The zero-order valence-corrected chi connectivity index (χ0v) is 11.3. The first-order chi connectivity index (χ1) is 8.24. The SMILES string of the molecule is CC1(C)O[C@H]([C@H](O)[C@H]2COC(C)(C)O2)[C@H](CO)O1. The highest BCUT2D eigenvalue weighted by Gasteiger charge is 2.49. The van der Waals surface area contributed by atoms with Crippen molar-refractivity contribution in [2.45, 2.75) is 63.7 Å². The molecule has 2 aliphatic heterocycles. The van der Waals surface area contributed by atoms with Crippen LogP contribution in [0.3, 0.4) is 0 Å². The van der Waals surface area contributed by atoms with Gasteiger partial charge in [0.15, 0.2) is 11.6 Å². The molecule has 4 atom stereocenters. The van der Waals surface area contributed by atoms with Crippen LogP contribution in [0.1, 0.15) is 27.7 Å². The Bertz CT molecular complexity index is 303. The summed E-state index contributed by atoms with van der Waals surface area (Å²) in [5, 5.41) is 19.6. The molecular weight excluding hydrogens is 240 g/mol. The lowest BCUT2D eigenvalue weighted by Gasteiger charge is -2.26. The molecule has 0 saturated carbocycles. The van der Waals surface area contributed by atoms with E-state index in [4.69, 9.17) is 18.9 Å². The van der Waals surface area contributed by atoms with Crippen LogP contribution in [0.4, 0.5) is 0 Å². The molecular formula is C12H22O6. The molecule has 18 heavy (non-hydrogen) atoms. The van der Waals surface area contributed by atoms with Crippen LogP contribution in [0, 0.1) is 0 Å². The lowest BCUT2D eigenvalue weighted by Crippen LogP contribution is -2.45. The summed E-state index contributed by atoms with van der Waals surface area (Å²) in [6.45, 7) is 7.17. The lowest BCUT2D eigenvalue weighted by molar-refractivity contribution is -0.178. The predicted octanol–water partition coefficient (Wildman–Crippen LogP) is 0.0112. The van der Waals surface area contributed by atoms with Crippen molar-refractivity contribution in [2.75, 3.05) is 13.2 Å². The molecule has 2 saturated heterocycles. The molecule has 0 spiro atoms. The van der Waals surface area contributed by atoms with Gasteiger partial charge >= 0.3 is 0 Å². The molecule has 2 aliphatic rings. The quantitative estimate of drug-likeness (QED) is 0.746. The molecule has 0 bridgehead atoms. The van der Waals surface area contributed by atoms with Gasteiger partial charge in [-0.1, -0.05) is 0 Å². The fourth-order valence-electron chi connectivity index (χ4n) is 2.39. The molecule has 0 aromatic rings. The predicted molar refractivity (Wildman–Crippen MR) is 61.8 cm³/mol. The van der Waals surface area contributed by atoms with E-state index < -0.39 is 36.0 Å². The standard InChI is InChI=1S/C12H22O6/c1-11(2)15-6-8(17-11)9(14)10-7(5-13)16-12(3,4)18-10/h7-10,13-14H,5-6H2,1-4H3/t7-,8+,9+,10-/m0/s1. The minimum Gasteiger partial charge on any atom is -0.394 e. The van der Waals surface area contributed by atoms with Gasteiger partial charge in [0.05, 0.1) is 13.2 Å². The second kappa shape index (κ2) is 4.70. The molecule has 2 fully saturated rings. The van der Waals surface area contributed by atoms with E-state index in [1.54, 1.807) is 27.7 Å². The average Bonchev–Trinajstić information content (AvgIpc) is 2.77. The number of ether oxygens (including phenoxy) is 4. The fourth-order valence-corrected chi connectivity index (χ4v) is 2.39. The smallest absolute Gasteiger partial charge is 0.164 e. The van der Waals surface area contributed by atoms with Crippen molar-refractivity contribution in [3.05, 3.63) is 0 Å². The highest BCUT2D eigenvalue weighted by Crippen LogP contribution is 2.33. The molecule has 0 aliphatic carbocycles. The first-order valence-corrected chi connectivity index (χ1v) is 6.20. The van der Waals surface area contributed by atoms with Crippen molar-refractivity contribution in [3.8, 4) is 0 Å². The molecule has 0 radical (unpaired) electrons. The Labute approximate surface area is 107 Å². The zero-order valence-electron chi connectivity index (χ0n) is 11.3. The van der Waals surface area contributed by atoms with Gasteiger partial charge in [0.1, 0.15) is 24.4 Å². The summed E-state index contributed by atoms with van der Waals surface area (Å²) in [6.07, 6.45) is -2.54. The third kappa shape index (κ3) is 2.84. The number of hydrogen-bond donors (Lipinski definition) is 2. The summed E-state index contributed by atoms with van der Waals surface area (Å²) >= 11 is 0. The molecule has 6 nitrogen and oxygen atoms in total. The van der Waals surface area contributed by atoms with Crippen LogP contribution in [0.2, 0.25) is 0 Å². The molecule has 106 valence electrons. The molecule has 0 amide bonds. The third-order valence-electron chi connectivity index (χ3n) is 3.15. The summed E-state index contributed by atoms with van der Waals surface area (Å²) in [5.74, 6) is -1.51. The van der Waals surface area contributed by atoms with Gasteiger partial charge in [-0.25, -0.2) is 0 Å². The van der Waals surface area contributed by atoms with Crippen LogP contribution in [0.5, 0.6) is 0 Å². The van der Waals surface area contributed by atoms with E-state index in [1.165, 1.54) is 0 Å². The highest BCUT2D eigenvalue weighted by atomic mass is 16.8. The van der Waals surface area contributed by atoms with Gasteiger partial charge in [-0.05, 0) is 27.7 Å². The number of aliphatic hydroxyl groups excluding tert-OH is 2. The Morgan fingerprint density at radius 3 is 2.28 bits per heavy atom. The van der Waals surface area contributed by atoms with Gasteiger partial charge < -0.3 is 29.2 Å². The molecule has 0 aromatic heterocycles. The highest BCUT2D eigenvalue weighted by molar-refractivity contribution is 4.91. The van der Waals surface area contributed by atoms with E-state index in [9.17, 15) is 10.2 Å². The van der Waals surface area contributed by atoms with Crippen LogP contribution >= 0.6 is 0 Å². The second-order valence-electron chi connectivity index (χ2n) is 5.68. The van der Waals surface area contributed by atoms with Gasteiger partial charge in [0.2, 0.25) is 0 Å². The Hall–Kier alpha value is -0.240. The van der Waals surface area contributed by atoms with E-state index in [2.05, 4.69) is 0 Å². The molecule has 2 rings (SSSR count). The minimum absolute atomic E-state index is 0.206. The molecule has 0 aromatic carbocycles. The van der Waals surface area contributed by atoms with Gasteiger partial charge in [0, 0.05) is 0 Å². The summed E-state index contributed by atoms with van der Waals surface area (Å²) in [4.78, 5) is 0. The third-order valence-corrected chi connectivity index (χ3v) is 3.15. The number of hydrogen-bond acceptors (Lipinski definition) is 6. The van der Waals surface area contributed by atoms with Crippen LogP contribution in [0.15, 0.2) is 0 Å². The van der Waals surface area contributed by atoms with E-state index >= 15 is 0 Å². The second-order valence-corrected chi connectivity index (χ2v) is 5.68. The maximum absolute atomic E-state index is 10.3. The van der Waals surface area contributed by atoms with Gasteiger partial charge in [-0.2, -0.15) is 0 Å². The number of aliphatic hydroxyl groups is 2. The summed E-state index contributed by atoms with van der Waals surface area (Å²) in [5.41, 5.74) is 0. The van der Waals surface area contributed by atoms with Crippen molar-refractivity contribution in [1.29, 1.82) is 0 Å². The van der Waals surface area contributed by atoms with Crippen molar-refractivity contribution in [2.24, 2.45) is 0 Å². The fraction of sp³-hybridized carbons (Fsp3) is 1.00. The maximum atomic E-state index is 10.3. The summed E-state index contributed by atoms with van der Waals surface area (Å²) in [6, 6.07) is 0. The minimum atomic E-state index is -0.898. The maximum Gasteiger partial charge on any atom is 0.164 e. The number of rotatable bonds is 3. The van der Waals surface area contributed by atoms with Crippen molar-refractivity contribution in [1.82, 2.24) is 0 Å². The van der Waals surface area contributed by atoms with E-state index in [0.29, 0.717) is 6.61 Å². The lowest BCUT2D eigenvalue weighted by atomic mass is 10.0. The largest absolute Gasteiger partial charge is 0.394 e. The Kier molecular flexibility index (Phi) is 3.70. The van der Waals surface area contributed by atoms with Crippen molar-refractivity contribution in [3.63, 3.8) is 0 Å². The van der Waals surface area contributed by atoms with Crippen LogP contribution in [-0.4, -0.2) is 59.4 Å². The monoisotopic (exact) mass is 262 g/mol. The van der Waals surface area contributed by atoms with E-state index in [0.717, 1.165) is 0 Å². The van der Waals surface area contributed by atoms with Crippen LogP contribution in [0.25, 0.3) is 0 Å². The zero-order chi connectivity index (χ0) is 13.6. The molecule has 2 N–H and O–H groups in total. The van der Waals surface area contributed by atoms with E-state index in [1.807, 2.05) is 0 Å². The first-order valence-electron chi connectivity index (χ1n) is 6.20. The molecule has 0 unspecified atom stereocenters. The molecule has 2 heterocycles. The summed E-state index contributed by atoms with van der Waals surface area (Å²) in [7, 11) is 0. The molecule has 6 heteroatoms. The van der Waals surface area contributed by atoms with Gasteiger partial charge in [-0.15, -0.1) is 0 Å². The van der Waals surface area contributed by atoms with Crippen LogP contribution < -0.4 is 0 Å². The normalized spacial score (nSPS) is 40.0. The topological polar surface area (TPSA) is 77.4 Å². The summed E-state index contributed by atoms with van der Waals surface area (Å²) < 4.78 is 22.1. The Morgan fingerprint density at radius 2 is 1.78 bits per heavy atom. The van der Waals surface area contributed by atoms with Crippen LogP contribution in [-0.2, 0) is 18.9 Å². The van der Waals surface area contributed by atoms with Crippen molar-refractivity contribution < 1.29 is 29.2 Å². The Morgan fingerprint density at radius 1 is 1.11 bits per heavy atom.